The molecule has 1 amide bonds. The standard InChI is InChI=1S/C15H27N3O/c1-2-7-15(8-3-9-16-15)14(19)17-12-6-10-18(11-12)13-4-5-13/h12-13,16H,2-11H2,1H3,(H,17,19). The first-order valence-electron chi connectivity index (χ1n) is 8.03. The van der Waals surface area contributed by atoms with E-state index in [1.54, 1.807) is 0 Å². The molecule has 2 N–H and O–H groups in total. The molecule has 0 spiro atoms. The number of hydrogen-bond acceptors (Lipinski definition) is 3. The van der Waals surface area contributed by atoms with Crippen LogP contribution in [0.5, 0.6) is 0 Å². The molecule has 0 aromatic rings. The van der Waals surface area contributed by atoms with Gasteiger partial charge in [0.25, 0.3) is 0 Å². The molecule has 2 atom stereocenters. The summed E-state index contributed by atoms with van der Waals surface area (Å²) in [5, 5.41) is 6.78. The van der Waals surface area contributed by atoms with E-state index in [2.05, 4.69) is 22.5 Å². The van der Waals surface area contributed by atoms with Gasteiger partial charge in [-0.25, -0.2) is 0 Å². The van der Waals surface area contributed by atoms with Crippen LogP contribution in [0.2, 0.25) is 0 Å². The maximum absolute atomic E-state index is 12.6. The average molecular weight is 265 g/mol. The second-order valence-corrected chi connectivity index (χ2v) is 6.55. The minimum Gasteiger partial charge on any atom is -0.350 e. The Hall–Kier alpha value is -0.610. The molecular formula is C15H27N3O. The van der Waals surface area contributed by atoms with Crippen molar-refractivity contribution in [3.05, 3.63) is 0 Å². The summed E-state index contributed by atoms with van der Waals surface area (Å²) in [4.78, 5) is 15.2. The van der Waals surface area contributed by atoms with Crippen molar-refractivity contribution in [1.29, 1.82) is 0 Å². The normalized spacial score (nSPS) is 35.7. The van der Waals surface area contributed by atoms with Gasteiger partial charge in [-0.2, -0.15) is 0 Å². The molecule has 1 saturated carbocycles. The van der Waals surface area contributed by atoms with Crippen molar-refractivity contribution in [3.8, 4) is 0 Å². The van der Waals surface area contributed by atoms with E-state index in [0.717, 1.165) is 51.2 Å². The van der Waals surface area contributed by atoms with Gasteiger partial charge in [-0.15, -0.1) is 0 Å². The first-order chi connectivity index (χ1) is 9.23. The quantitative estimate of drug-likeness (QED) is 0.786. The monoisotopic (exact) mass is 265 g/mol. The van der Waals surface area contributed by atoms with Crippen molar-refractivity contribution in [2.75, 3.05) is 19.6 Å². The van der Waals surface area contributed by atoms with E-state index in [1.165, 1.54) is 19.4 Å². The lowest BCUT2D eigenvalue weighted by Gasteiger charge is -2.29. The molecule has 19 heavy (non-hydrogen) atoms. The van der Waals surface area contributed by atoms with E-state index < -0.39 is 0 Å². The summed E-state index contributed by atoms with van der Waals surface area (Å²) >= 11 is 0. The van der Waals surface area contributed by atoms with E-state index in [4.69, 9.17) is 0 Å². The molecule has 4 nitrogen and oxygen atoms in total. The maximum Gasteiger partial charge on any atom is 0.240 e. The molecule has 1 aliphatic carbocycles. The Bertz CT molecular complexity index is 334. The lowest BCUT2D eigenvalue weighted by Crippen LogP contribution is -2.56. The third kappa shape index (κ3) is 2.79. The molecule has 2 aliphatic heterocycles. The fourth-order valence-electron chi connectivity index (χ4n) is 3.75. The van der Waals surface area contributed by atoms with Gasteiger partial charge in [-0.05, 0) is 45.1 Å². The summed E-state index contributed by atoms with van der Waals surface area (Å²) in [5.41, 5.74) is -0.262. The number of hydrogen-bond donors (Lipinski definition) is 2. The Morgan fingerprint density at radius 2 is 2.26 bits per heavy atom. The van der Waals surface area contributed by atoms with Crippen LogP contribution in [0.15, 0.2) is 0 Å². The van der Waals surface area contributed by atoms with Gasteiger partial charge < -0.3 is 10.6 Å². The number of likely N-dealkylation sites (tertiary alicyclic amines) is 1. The zero-order valence-corrected chi connectivity index (χ0v) is 12.1. The second kappa shape index (κ2) is 5.41. The van der Waals surface area contributed by atoms with Gasteiger partial charge in [-0.3, -0.25) is 9.69 Å². The van der Waals surface area contributed by atoms with Crippen molar-refractivity contribution >= 4 is 5.91 Å². The summed E-state index contributed by atoms with van der Waals surface area (Å²) in [6, 6.07) is 1.21. The Morgan fingerprint density at radius 3 is 2.89 bits per heavy atom. The van der Waals surface area contributed by atoms with E-state index in [0.29, 0.717) is 6.04 Å². The summed E-state index contributed by atoms with van der Waals surface area (Å²) in [7, 11) is 0. The van der Waals surface area contributed by atoms with Gasteiger partial charge in [0, 0.05) is 25.2 Å². The topological polar surface area (TPSA) is 44.4 Å². The number of carbonyl (C=O) groups excluding carboxylic acids is 1. The van der Waals surface area contributed by atoms with Crippen LogP contribution in [-0.4, -0.2) is 48.1 Å². The fourth-order valence-corrected chi connectivity index (χ4v) is 3.75. The van der Waals surface area contributed by atoms with E-state index in [1.807, 2.05) is 0 Å². The molecular weight excluding hydrogens is 238 g/mol. The molecule has 0 aromatic carbocycles. The second-order valence-electron chi connectivity index (χ2n) is 6.55. The van der Waals surface area contributed by atoms with Crippen LogP contribution < -0.4 is 10.6 Å². The highest BCUT2D eigenvalue weighted by Crippen LogP contribution is 2.30. The minimum atomic E-state index is -0.262. The van der Waals surface area contributed by atoms with Crippen molar-refractivity contribution in [2.24, 2.45) is 0 Å². The maximum atomic E-state index is 12.6. The van der Waals surface area contributed by atoms with Crippen LogP contribution in [0.4, 0.5) is 0 Å². The average Bonchev–Trinajstić information content (AvgIpc) is 2.96. The Labute approximate surface area is 116 Å². The van der Waals surface area contributed by atoms with Gasteiger partial charge in [0.2, 0.25) is 5.91 Å². The van der Waals surface area contributed by atoms with E-state index >= 15 is 0 Å². The smallest absolute Gasteiger partial charge is 0.240 e. The highest BCUT2D eigenvalue weighted by molar-refractivity contribution is 5.87. The molecule has 0 aromatic heterocycles. The molecule has 3 rings (SSSR count). The van der Waals surface area contributed by atoms with Crippen LogP contribution in [0.3, 0.4) is 0 Å². The predicted molar refractivity (Wildman–Crippen MR) is 76.0 cm³/mol. The first kappa shape index (κ1) is 13.4. The van der Waals surface area contributed by atoms with E-state index in [9.17, 15) is 4.79 Å². The van der Waals surface area contributed by atoms with Gasteiger partial charge in [0.15, 0.2) is 0 Å². The molecule has 3 fully saturated rings. The highest BCUT2D eigenvalue weighted by Gasteiger charge is 2.42. The lowest BCUT2D eigenvalue weighted by molar-refractivity contribution is -0.128. The first-order valence-corrected chi connectivity index (χ1v) is 8.03. The fraction of sp³-hybridized carbons (Fsp3) is 0.933. The lowest BCUT2D eigenvalue weighted by atomic mass is 9.90. The number of amides is 1. The predicted octanol–water partition coefficient (Wildman–Crippen LogP) is 1.26. The molecule has 3 aliphatic rings. The number of nitrogens with zero attached hydrogens (tertiary/aromatic N) is 1. The van der Waals surface area contributed by atoms with Crippen molar-refractivity contribution < 1.29 is 4.79 Å². The zero-order chi connectivity index (χ0) is 13.3. The van der Waals surface area contributed by atoms with Gasteiger partial charge >= 0.3 is 0 Å². The van der Waals surface area contributed by atoms with Crippen molar-refractivity contribution in [1.82, 2.24) is 15.5 Å². The molecule has 0 radical (unpaired) electrons. The largest absolute Gasteiger partial charge is 0.350 e. The van der Waals surface area contributed by atoms with Gasteiger partial charge in [0.1, 0.15) is 0 Å². The SMILES string of the molecule is CCCC1(C(=O)NC2CCN(C3CC3)C2)CCCN1. The van der Waals surface area contributed by atoms with Crippen LogP contribution in [0.1, 0.15) is 51.9 Å². The number of carbonyl (C=O) groups is 1. The Kier molecular flexibility index (Phi) is 3.81. The summed E-state index contributed by atoms with van der Waals surface area (Å²) < 4.78 is 0. The summed E-state index contributed by atoms with van der Waals surface area (Å²) in [5.74, 6) is 0.259. The third-order valence-electron chi connectivity index (χ3n) is 4.97. The molecule has 2 heterocycles. The van der Waals surface area contributed by atoms with Crippen LogP contribution in [0.25, 0.3) is 0 Å². The van der Waals surface area contributed by atoms with Crippen LogP contribution >= 0.6 is 0 Å². The van der Waals surface area contributed by atoms with Crippen LogP contribution in [0, 0.1) is 0 Å². The van der Waals surface area contributed by atoms with Gasteiger partial charge in [-0.1, -0.05) is 13.3 Å². The number of nitrogens with one attached hydrogen (secondary N) is 2. The van der Waals surface area contributed by atoms with Crippen molar-refractivity contribution in [3.63, 3.8) is 0 Å². The molecule has 0 bridgehead atoms. The minimum absolute atomic E-state index is 0.259. The number of rotatable bonds is 5. The molecule has 2 unspecified atom stereocenters. The molecule has 4 heteroatoms. The zero-order valence-electron chi connectivity index (χ0n) is 12.1. The van der Waals surface area contributed by atoms with Crippen LogP contribution in [-0.2, 0) is 4.79 Å². The third-order valence-corrected chi connectivity index (χ3v) is 4.97. The molecule has 2 saturated heterocycles. The molecule has 108 valence electrons. The van der Waals surface area contributed by atoms with Gasteiger partial charge in [0.05, 0.1) is 5.54 Å². The highest BCUT2D eigenvalue weighted by atomic mass is 16.2. The Balaban J connectivity index is 1.54. The van der Waals surface area contributed by atoms with E-state index in [-0.39, 0.29) is 11.4 Å². The summed E-state index contributed by atoms with van der Waals surface area (Å²) in [6.45, 7) is 5.40. The Morgan fingerprint density at radius 1 is 1.42 bits per heavy atom. The summed E-state index contributed by atoms with van der Waals surface area (Å²) in [6.07, 6.45) is 8.03. The van der Waals surface area contributed by atoms with Crippen molar-refractivity contribution in [2.45, 2.75) is 69.5 Å².